The molecule has 0 unspecified atom stereocenters. The molecule has 1 aromatic carbocycles. The van der Waals surface area contributed by atoms with Crippen LogP contribution in [-0.4, -0.2) is 31.0 Å². The number of aromatic amines is 2. The number of rotatable bonds is 5. The summed E-state index contributed by atoms with van der Waals surface area (Å²) >= 11 is 0. The van der Waals surface area contributed by atoms with Crippen LogP contribution < -0.4 is 13.7 Å². The Labute approximate surface area is 311 Å². The van der Waals surface area contributed by atoms with Gasteiger partial charge in [-0.05, 0) is 83.0 Å². The van der Waals surface area contributed by atoms with Crippen LogP contribution in [0.25, 0.3) is 90.9 Å². The zero-order valence-corrected chi connectivity index (χ0v) is 29.9. The zero-order valence-electron chi connectivity index (χ0n) is 29.9. The summed E-state index contributed by atoms with van der Waals surface area (Å²) in [6, 6.07) is 28.0. The number of aromatic carboxylic acids is 1. The summed E-state index contributed by atoms with van der Waals surface area (Å²) in [5.74, 6) is -0.972. The molecule has 7 aromatic rings. The second-order valence-corrected chi connectivity index (χ2v) is 13.6. The van der Waals surface area contributed by atoms with Crippen molar-refractivity contribution < 1.29 is 23.6 Å². The van der Waals surface area contributed by atoms with Crippen molar-refractivity contribution >= 4 is 52.3 Å². The minimum absolute atomic E-state index is 0.220. The number of hydrogen-bond donors (Lipinski definition) is 3. The molecule has 2 aliphatic rings. The summed E-state index contributed by atoms with van der Waals surface area (Å²) in [5.41, 5.74) is 14.7. The average Bonchev–Trinajstić information content (AvgIpc) is 4.02. The highest BCUT2D eigenvalue weighted by Crippen LogP contribution is 2.38. The number of aryl methyl sites for hydroxylation is 3. The number of carbonyl (C=O) groups is 1. The molecule has 9 heteroatoms. The van der Waals surface area contributed by atoms with Gasteiger partial charge in [0, 0.05) is 80.7 Å². The molecule has 0 radical (unpaired) electrons. The fourth-order valence-corrected chi connectivity index (χ4v) is 7.20. The maximum absolute atomic E-state index is 11.8. The van der Waals surface area contributed by atoms with E-state index < -0.39 is 5.97 Å². The lowest BCUT2D eigenvalue weighted by molar-refractivity contribution is -0.671. The number of aromatic nitrogens is 7. The number of nitrogens with one attached hydrogen (secondary N) is 2. The molecule has 260 valence electrons. The van der Waals surface area contributed by atoms with Crippen LogP contribution in [0, 0.1) is 0 Å². The van der Waals surface area contributed by atoms with Gasteiger partial charge in [-0.2, -0.15) is 0 Å². The second-order valence-electron chi connectivity index (χ2n) is 13.6. The van der Waals surface area contributed by atoms with Gasteiger partial charge in [-0.15, -0.1) is 0 Å². The third-order valence-corrected chi connectivity index (χ3v) is 9.98. The van der Waals surface area contributed by atoms with Crippen molar-refractivity contribution in [3.05, 3.63) is 150 Å². The Morgan fingerprint density at radius 1 is 0.444 bits per heavy atom. The molecule has 0 amide bonds. The van der Waals surface area contributed by atoms with Gasteiger partial charge in [-0.1, -0.05) is 12.1 Å². The van der Waals surface area contributed by atoms with Crippen LogP contribution in [0.15, 0.2) is 122 Å². The molecule has 0 spiro atoms. The van der Waals surface area contributed by atoms with Gasteiger partial charge in [-0.3, -0.25) is 0 Å². The molecule has 54 heavy (non-hydrogen) atoms. The number of fused-ring (bicyclic) bond motifs is 8. The number of carboxylic acid groups (broad SMARTS) is 1. The van der Waals surface area contributed by atoms with E-state index in [1.807, 2.05) is 83.9 Å². The van der Waals surface area contributed by atoms with E-state index in [1.54, 1.807) is 12.1 Å². The number of H-pyrrole nitrogens is 2. The SMILES string of the molecule is C[n+]1ccc(-c2c3nc(c(-c4ccc(C(=O)O)cc4)c4ccc([nH]4)c(-c4cc[n+](C)cc4)c4ccc([nH]4)c(-c4cc[n+](C)cc4)c4nc2C=C4)C=C3)cc1. The van der Waals surface area contributed by atoms with E-state index >= 15 is 0 Å². The van der Waals surface area contributed by atoms with E-state index in [2.05, 4.69) is 95.2 Å². The Kier molecular flexibility index (Phi) is 7.89. The van der Waals surface area contributed by atoms with Gasteiger partial charge in [0.1, 0.15) is 21.1 Å². The maximum atomic E-state index is 11.8. The molecule has 0 saturated carbocycles. The minimum Gasteiger partial charge on any atom is -0.478 e. The van der Waals surface area contributed by atoms with Crippen molar-refractivity contribution in [1.82, 2.24) is 19.9 Å². The van der Waals surface area contributed by atoms with E-state index in [-0.39, 0.29) is 5.56 Å². The summed E-state index contributed by atoms with van der Waals surface area (Å²) in [5, 5.41) is 9.68. The number of pyridine rings is 3. The van der Waals surface area contributed by atoms with Crippen LogP contribution in [0.3, 0.4) is 0 Å². The van der Waals surface area contributed by atoms with Crippen LogP contribution in [0.1, 0.15) is 33.1 Å². The van der Waals surface area contributed by atoms with E-state index in [4.69, 9.17) is 9.97 Å². The number of carboxylic acids is 1. The molecule has 0 aliphatic carbocycles. The number of nitrogens with zero attached hydrogens (tertiary/aromatic N) is 5. The van der Waals surface area contributed by atoms with Crippen LogP contribution >= 0.6 is 0 Å². The predicted octanol–water partition coefficient (Wildman–Crippen LogP) is 7.50. The van der Waals surface area contributed by atoms with E-state index in [9.17, 15) is 9.90 Å². The second kappa shape index (κ2) is 13.1. The van der Waals surface area contributed by atoms with Gasteiger partial charge in [0.05, 0.1) is 28.3 Å². The van der Waals surface area contributed by atoms with Crippen molar-refractivity contribution in [2.45, 2.75) is 0 Å². The smallest absolute Gasteiger partial charge is 0.335 e. The van der Waals surface area contributed by atoms with Gasteiger partial charge >= 0.3 is 5.97 Å². The molecule has 0 atom stereocenters. The number of benzene rings is 1. The van der Waals surface area contributed by atoms with Crippen molar-refractivity contribution in [2.24, 2.45) is 21.1 Å². The van der Waals surface area contributed by atoms with Crippen LogP contribution in [0.2, 0.25) is 0 Å². The summed E-state index contributed by atoms with van der Waals surface area (Å²) in [6.45, 7) is 0. The van der Waals surface area contributed by atoms with E-state index in [1.165, 1.54) is 0 Å². The molecule has 8 heterocycles. The summed E-state index contributed by atoms with van der Waals surface area (Å²) in [6.07, 6.45) is 20.5. The fourth-order valence-electron chi connectivity index (χ4n) is 7.20. The van der Waals surface area contributed by atoms with Gasteiger partial charge < -0.3 is 15.1 Å². The molecule has 3 N–H and O–H groups in total. The van der Waals surface area contributed by atoms with Gasteiger partial charge in [0.25, 0.3) is 0 Å². The Morgan fingerprint density at radius 2 is 0.759 bits per heavy atom. The quantitative estimate of drug-likeness (QED) is 0.161. The highest BCUT2D eigenvalue weighted by molar-refractivity contribution is 6.00. The van der Waals surface area contributed by atoms with Gasteiger partial charge in [-0.25, -0.2) is 28.5 Å². The van der Waals surface area contributed by atoms with E-state index in [0.717, 1.165) is 89.4 Å². The minimum atomic E-state index is -0.972. The van der Waals surface area contributed by atoms with Crippen molar-refractivity contribution in [3.63, 3.8) is 0 Å². The Morgan fingerprint density at radius 3 is 1.15 bits per heavy atom. The lowest BCUT2D eigenvalue weighted by atomic mass is 10.0. The molecule has 2 aliphatic heterocycles. The Hall–Kier alpha value is -7.26. The largest absolute Gasteiger partial charge is 0.478 e. The van der Waals surface area contributed by atoms with Gasteiger partial charge in [0.2, 0.25) is 0 Å². The molecule has 9 nitrogen and oxygen atoms in total. The van der Waals surface area contributed by atoms with Crippen LogP contribution in [0.5, 0.6) is 0 Å². The van der Waals surface area contributed by atoms with Crippen LogP contribution in [-0.2, 0) is 21.1 Å². The molecule has 0 saturated heterocycles. The summed E-state index contributed by atoms with van der Waals surface area (Å²) < 4.78 is 6.05. The summed E-state index contributed by atoms with van der Waals surface area (Å²) in [7, 11) is 6.02. The Balaban J connectivity index is 1.45. The first-order valence-electron chi connectivity index (χ1n) is 17.7. The highest BCUT2D eigenvalue weighted by Gasteiger charge is 2.20. The Bertz CT molecular complexity index is 2850. The van der Waals surface area contributed by atoms with Crippen LogP contribution in [0.4, 0.5) is 0 Å². The first-order valence-corrected chi connectivity index (χ1v) is 17.7. The first-order chi connectivity index (χ1) is 26.3. The zero-order chi connectivity index (χ0) is 36.9. The van der Waals surface area contributed by atoms with Crippen molar-refractivity contribution in [2.75, 3.05) is 0 Å². The number of hydrogen-bond acceptors (Lipinski definition) is 3. The first kappa shape index (κ1) is 32.6. The third kappa shape index (κ3) is 5.87. The van der Waals surface area contributed by atoms with E-state index in [0.29, 0.717) is 0 Å². The summed E-state index contributed by atoms with van der Waals surface area (Å²) in [4.78, 5) is 30.0. The van der Waals surface area contributed by atoms with Crippen molar-refractivity contribution in [3.8, 4) is 44.5 Å². The lowest BCUT2D eigenvalue weighted by Gasteiger charge is -2.07. The molecule has 6 aromatic heterocycles. The average molecular weight is 707 g/mol. The maximum Gasteiger partial charge on any atom is 0.335 e. The normalized spacial score (nSPS) is 12.0. The lowest BCUT2D eigenvalue weighted by Crippen LogP contribution is -2.25. The van der Waals surface area contributed by atoms with Gasteiger partial charge in [0.15, 0.2) is 37.2 Å². The molecular weight excluding hydrogens is 671 g/mol. The highest BCUT2D eigenvalue weighted by atomic mass is 16.4. The third-order valence-electron chi connectivity index (χ3n) is 9.98. The predicted molar refractivity (Wildman–Crippen MR) is 211 cm³/mol. The molecular formula is C45H36N7O2+3. The topological polar surface area (TPSA) is 106 Å². The molecule has 8 bridgehead atoms. The molecule has 0 fully saturated rings. The molecule has 9 rings (SSSR count). The van der Waals surface area contributed by atoms with Crippen molar-refractivity contribution in [1.29, 1.82) is 0 Å². The fraction of sp³-hybridized carbons (Fsp3) is 0.0667. The standard InChI is InChI=1S/C45H33N7O2/c1-50-22-16-29(17-23-50)42-35-10-8-33(46-35)41(28-4-6-32(7-5-28)45(53)54)34-9-11-36(47-34)43(30-18-24-51(2)25-19-30)38-13-15-40(49-38)44(39-14-12-37(42)48-39)31-20-26-52(3)27-21-31/h4-27H,1-3H3/p+3. The monoisotopic (exact) mass is 706 g/mol.